The van der Waals surface area contributed by atoms with Crippen molar-refractivity contribution in [2.24, 2.45) is 11.8 Å². The molecule has 4 aromatic heterocycles. The van der Waals surface area contributed by atoms with Crippen molar-refractivity contribution in [1.82, 2.24) is 24.9 Å². The van der Waals surface area contributed by atoms with Crippen molar-refractivity contribution in [2.45, 2.75) is 104 Å². The van der Waals surface area contributed by atoms with E-state index < -0.39 is 8.07 Å². The van der Waals surface area contributed by atoms with E-state index in [2.05, 4.69) is 94.3 Å². The fourth-order valence-corrected chi connectivity index (χ4v) is 10.4. The van der Waals surface area contributed by atoms with E-state index in [1.54, 1.807) is 10.8 Å². The third-order valence-electron chi connectivity index (χ3n) is 11.6. The van der Waals surface area contributed by atoms with Crippen LogP contribution in [0.2, 0.25) is 19.6 Å². The van der Waals surface area contributed by atoms with Crippen LogP contribution < -0.4 is 5.19 Å². The van der Waals surface area contributed by atoms with E-state index in [1.807, 2.05) is 56.4 Å². The van der Waals surface area contributed by atoms with Gasteiger partial charge in [0.2, 0.25) is 0 Å². The molecule has 0 N–H and O–H groups in total. The number of benzene rings is 3. The second-order valence-corrected chi connectivity index (χ2v) is 22.1. The second kappa shape index (κ2) is 18.1. The van der Waals surface area contributed by atoms with Crippen LogP contribution in [0.25, 0.3) is 55.8 Å². The monoisotopic (exact) mass is 948 g/mol. The number of pyridine rings is 2. The zero-order valence-electron chi connectivity index (χ0n) is 34.0. The molecule has 57 heavy (non-hydrogen) atoms. The minimum Gasteiger partial charge on any atom is -0.476 e. The largest absolute Gasteiger partial charge is 0.476 e. The summed E-state index contributed by atoms with van der Waals surface area (Å²) in [7, 11) is -1.36. The first-order valence-corrected chi connectivity index (χ1v) is 24.2. The van der Waals surface area contributed by atoms with Crippen LogP contribution in [-0.4, -0.2) is 33.0 Å². The maximum atomic E-state index is 6.19. The van der Waals surface area contributed by atoms with E-state index >= 15 is 0 Å². The van der Waals surface area contributed by atoms with Crippen molar-refractivity contribution >= 4 is 35.2 Å². The molecule has 0 saturated heterocycles. The summed E-state index contributed by atoms with van der Waals surface area (Å²) in [6.45, 7) is 11.1. The van der Waals surface area contributed by atoms with Crippen LogP contribution >= 0.6 is 0 Å². The van der Waals surface area contributed by atoms with Gasteiger partial charge in [-0.1, -0.05) is 112 Å². The molecule has 0 bridgehead atoms. The Balaban J connectivity index is 0.000000183. The summed E-state index contributed by atoms with van der Waals surface area (Å²) in [5.41, 5.74) is 9.63. The van der Waals surface area contributed by atoms with Gasteiger partial charge in [-0.2, -0.15) is 0 Å². The molecule has 3 aromatic carbocycles. The molecule has 0 aliphatic heterocycles. The summed E-state index contributed by atoms with van der Waals surface area (Å²) in [6, 6.07) is 31.8. The number of fused-ring (bicyclic) bond motifs is 3. The maximum absolute atomic E-state index is 6.19. The minimum absolute atomic E-state index is 0. The topological polar surface area (TPSA) is 77.6 Å². The summed E-state index contributed by atoms with van der Waals surface area (Å²) in [5.74, 6) is 3.80. The van der Waals surface area contributed by atoms with E-state index in [1.165, 1.54) is 69.8 Å². The Hall–Kier alpha value is -4.36. The van der Waals surface area contributed by atoms with Gasteiger partial charge in [-0.05, 0) is 84.8 Å². The first kappa shape index (κ1) is 40.8. The van der Waals surface area contributed by atoms with Crippen molar-refractivity contribution in [3.05, 3.63) is 120 Å². The van der Waals surface area contributed by atoms with Gasteiger partial charge in [-0.3, -0.25) is 0 Å². The molecule has 6 nitrogen and oxygen atoms in total. The molecule has 295 valence electrons. The molecule has 2 saturated carbocycles. The summed E-state index contributed by atoms with van der Waals surface area (Å²) in [5, 5.41) is 3.60. The average molecular weight is 948 g/mol. The van der Waals surface area contributed by atoms with Gasteiger partial charge in [0, 0.05) is 38.1 Å². The maximum Gasteiger partial charge on any atom is 0.163 e. The van der Waals surface area contributed by atoms with E-state index in [9.17, 15) is 0 Å². The van der Waals surface area contributed by atoms with Gasteiger partial charge in [0.05, 0.1) is 13.7 Å². The van der Waals surface area contributed by atoms with Crippen LogP contribution in [0.1, 0.15) is 80.6 Å². The number of hydrogen-bond donors (Lipinski definition) is 0. The number of furan rings is 1. The van der Waals surface area contributed by atoms with E-state index in [0.29, 0.717) is 5.82 Å². The first-order valence-electron chi connectivity index (χ1n) is 20.7. The van der Waals surface area contributed by atoms with Gasteiger partial charge in [-0.25, -0.2) is 15.0 Å². The smallest absolute Gasteiger partial charge is 0.163 e. The zero-order valence-corrected chi connectivity index (χ0v) is 37.4. The van der Waals surface area contributed by atoms with Crippen LogP contribution in [0.3, 0.4) is 0 Å². The quantitative estimate of drug-likeness (QED) is 0.112. The van der Waals surface area contributed by atoms with Gasteiger partial charge in [0.1, 0.15) is 17.2 Å². The van der Waals surface area contributed by atoms with Crippen molar-refractivity contribution in [3.63, 3.8) is 0 Å². The Bertz CT molecular complexity index is 2430. The van der Waals surface area contributed by atoms with Gasteiger partial charge >= 0.3 is 0 Å². The fourth-order valence-electron chi connectivity index (χ4n) is 8.79. The molecule has 4 heterocycles. The molecule has 0 atom stereocenters. The molecule has 2 aliphatic carbocycles. The third-order valence-corrected chi connectivity index (χ3v) is 13.7. The van der Waals surface area contributed by atoms with Gasteiger partial charge in [0.15, 0.2) is 5.82 Å². The van der Waals surface area contributed by atoms with E-state index in [-0.39, 0.29) is 20.1 Å². The Kier molecular flexibility index (Phi) is 12.9. The fraction of sp³-hybridized carbons (Fsp3) is 0.367. The number of rotatable bonds is 8. The standard InChI is InChI=1S/C28H25N4O.C21H28NSi.Ir/c1-17-30-18(2)32-28(31-17)22-8-10-26-24(15-22)23-9-7-21(16-27(23)33-26)25-14-20(11-12-29-25)13-19-5-3-4-6-19;1-23(2,3)21-16-22-20(18-12-8-5-9-13-18)15-19(21)14-17-10-6-4-7-11-17;/h8-12,14-16,19H,3-6,13H2,1-2H3;5,8-9,12,15-17H,4,6-7,10-11,14H2,1-3H3;/q2*-1;. The van der Waals surface area contributed by atoms with Crippen LogP contribution in [0.15, 0.2) is 89.6 Å². The summed E-state index contributed by atoms with van der Waals surface area (Å²) < 4.78 is 6.19. The Labute approximate surface area is 352 Å². The minimum atomic E-state index is -1.36. The van der Waals surface area contributed by atoms with Crippen molar-refractivity contribution in [1.29, 1.82) is 0 Å². The summed E-state index contributed by atoms with van der Waals surface area (Å²) >= 11 is 0. The Morgan fingerprint density at radius 2 is 1.40 bits per heavy atom. The molecular formula is C49H53IrN5OSi-2. The molecule has 0 amide bonds. The molecular weight excluding hydrogens is 895 g/mol. The molecule has 7 aromatic rings. The average Bonchev–Trinajstić information content (AvgIpc) is 3.85. The molecule has 0 unspecified atom stereocenters. The number of nitrogens with zero attached hydrogens (tertiary/aromatic N) is 5. The molecule has 2 aliphatic rings. The van der Waals surface area contributed by atoms with Crippen LogP contribution in [0.4, 0.5) is 0 Å². The third kappa shape index (κ3) is 9.85. The van der Waals surface area contributed by atoms with Crippen molar-refractivity contribution in [2.75, 3.05) is 0 Å². The summed E-state index contributed by atoms with van der Waals surface area (Å²) in [4.78, 5) is 22.7. The molecule has 1 radical (unpaired) electrons. The van der Waals surface area contributed by atoms with Crippen molar-refractivity contribution < 1.29 is 24.5 Å². The van der Waals surface area contributed by atoms with Crippen molar-refractivity contribution in [3.8, 4) is 33.9 Å². The molecule has 8 heteroatoms. The molecule has 2 fully saturated rings. The Morgan fingerprint density at radius 3 is 2.12 bits per heavy atom. The zero-order chi connectivity index (χ0) is 38.6. The van der Waals surface area contributed by atoms with Gasteiger partial charge in [0.25, 0.3) is 0 Å². The van der Waals surface area contributed by atoms with Gasteiger partial charge < -0.3 is 14.4 Å². The summed E-state index contributed by atoms with van der Waals surface area (Å²) in [6.07, 6.45) is 19.0. The van der Waals surface area contributed by atoms with Crippen LogP contribution in [0, 0.1) is 37.8 Å². The van der Waals surface area contributed by atoms with Gasteiger partial charge in [-0.15, -0.1) is 53.6 Å². The van der Waals surface area contributed by atoms with E-state index in [4.69, 9.17) is 9.40 Å². The predicted molar refractivity (Wildman–Crippen MR) is 232 cm³/mol. The number of aromatic nitrogens is 5. The second-order valence-electron chi connectivity index (χ2n) is 17.1. The Morgan fingerprint density at radius 1 is 0.684 bits per heavy atom. The molecule has 9 rings (SSSR count). The number of hydrogen-bond acceptors (Lipinski definition) is 6. The predicted octanol–water partition coefficient (Wildman–Crippen LogP) is 11.9. The normalized spacial score (nSPS) is 15.0. The van der Waals surface area contributed by atoms with Crippen LogP contribution in [0.5, 0.6) is 0 Å². The van der Waals surface area contributed by atoms with E-state index in [0.717, 1.165) is 79.9 Å². The number of aryl methyl sites for hydroxylation is 2. The SMILES string of the molecule is C[Si](C)(C)c1cnc(-c2[c-]cccc2)cc1CC1CCCCC1.Cc1nc(C)nc(-c2ccc3oc4cc(-c5cc(CC6CCCC6)ccn5)[c-]cc4c3c2)n1.[Ir]. The first-order chi connectivity index (χ1) is 27.2. The molecule has 0 spiro atoms. The van der Waals surface area contributed by atoms with Crippen LogP contribution in [-0.2, 0) is 32.9 Å².